The first-order valence-electron chi connectivity index (χ1n) is 4.68. The lowest BCUT2D eigenvalue weighted by Crippen LogP contribution is -1.92. The number of hydrogen-bond donors (Lipinski definition) is 0. The summed E-state index contributed by atoms with van der Waals surface area (Å²) in [6.07, 6.45) is 2.91. The molecule has 0 amide bonds. The van der Waals surface area contributed by atoms with Gasteiger partial charge in [-0.3, -0.25) is 0 Å². The van der Waals surface area contributed by atoms with Crippen molar-refractivity contribution in [3.8, 4) is 0 Å². The third-order valence-corrected chi connectivity index (χ3v) is 3.11. The second-order valence-corrected chi connectivity index (χ2v) is 4.60. The van der Waals surface area contributed by atoms with Crippen molar-refractivity contribution in [2.24, 2.45) is 0 Å². The molecule has 0 bridgehead atoms. The van der Waals surface area contributed by atoms with Crippen LogP contribution in [0.25, 0.3) is 0 Å². The minimum Gasteiger partial charge on any atom is -0.303 e. The minimum atomic E-state index is -0.184. The van der Waals surface area contributed by atoms with Crippen molar-refractivity contribution in [1.29, 1.82) is 0 Å². The largest absolute Gasteiger partial charge is 0.303 e. The number of aldehydes is 1. The Morgan fingerprint density at radius 2 is 2.07 bits per heavy atom. The lowest BCUT2D eigenvalue weighted by atomic mass is 10.1. The molecule has 1 nitrogen and oxygen atoms in total. The molecule has 1 aromatic rings. The summed E-state index contributed by atoms with van der Waals surface area (Å²) < 4.78 is 0. The monoisotopic (exact) mass is 264 g/mol. The maximum Gasteiger partial charge on any atom is 0.119 e. The molecule has 1 rings (SSSR count). The number of unbranched alkanes of at least 4 members (excludes halogenated alkanes) is 1. The van der Waals surface area contributed by atoms with Gasteiger partial charge >= 0.3 is 0 Å². The summed E-state index contributed by atoms with van der Waals surface area (Å²) in [6, 6.07) is 5.22. The van der Waals surface area contributed by atoms with E-state index in [9.17, 15) is 4.79 Å². The Hall–Kier alpha value is -0.240. The van der Waals surface area contributed by atoms with Gasteiger partial charge in [-0.1, -0.05) is 23.2 Å². The summed E-state index contributed by atoms with van der Waals surface area (Å²) in [5.41, 5.74) is 0.830. The Labute approximate surface area is 104 Å². The quantitative estimate of drug-likeness (QED) is 0.430. The molecule has 1 aromatic carbocycles. The second-order valence-electron chi connectivity index (χ2n) is 3.23. The number of rotatable bonds is 5. The van der Waals surface area contributed by atoms with E-state index in [-0.39, 0.29) is 5.38 Å². The molecule has 15 heavy (non-hydrogen) atoms. The predicted octanol–water partition coefficient (Wildman–Crippen LogP) is 4.64. The highest BCUT2D eigenvalue weighted by molar-refractivity contribution is 6.34. The fraction of sp³-hybridized carbons (Fsp3) is 0.364. The normalized spacial score (nSPS) is 12.5. The van der Waals surface area contributed by atoms with E-state index in [2.05, 4.69) is 0 Å². The molecule has 0 spiro atoms. The van der Waals surface area contributed by atoms with E-state index >= 15 is 0 Å². The van der Waals surface area contributed by atoms with Crippen molar-refractivity contribution < 1.29 is 4.79 Å². The Kier molecular flexibility index (Phi) is 5.44. The number of halogens is 3. The molecule has 0 aromatic heterocycles. The summed E-state index contributed by atoms with van der Waals surface area (Å²) in [5, 5.41) is 1.05. The van der Waals surface area contributed by atoms with Gasteiger partial charge in [0, 0.05) is 16.5 Å². The molecule has 0 aliphatic heterocycles. The van der Waals surface area contributed by atoms with E-state index in [1.165, 1.54) is 0 Å². The summed E-state index contributed by atoms with van der Waals surface area (Å²) in [5.74, 6) is 0. The minimum absolute atomic E-state index is 0.184. The van der Waals surface area contributed by atoms with Crippen LogP contribution in [0.2, 0.25) is 10.0 Å². The Morgan fingerprint density at radius 1 is 1.33 bits per heavy atom. The lowest BCUT2D eigenvalue weighted by Gasteiger charge is -2.11. The molecular weight excluding hydrogens is 254 g/mol. The van der Waals surface area contributed by atoms with E-state index in [4.69, 9.17) is 34.8 Å². The Morgan fingerprint density at radius 3 is 2.73 bits per heavy atom. The molecule has 1 unspecified atom stereocenters. The summed E-state index contributed by atoms with van der Waals surface area (Å²) in [6.45, 7) is 0. The summed E-state index contributed by atoms with van der Waals surface area (Å²) in [4.78, 5) is 10.2. The molecule has 0 N–H and O–H groups in total. The van der Waals surface area contributed by atoms with Crippen LogP contribution in [0.5, 0.6) is 0 Å². The van der Waals surface area contributed by atoms with Crippen molar-refractivity contribution in [2.75, 3.05) is 0 Å². The van der Waals surface area contributed by atoms with Crippen LogP contribution in [0.3, 0.4) is 0 Å². The van der Waals surface area contributed by atoms with E-state index in [1.54, 1.807) is 18.2 Å². The highest BCUT2D eigenvalue weighted by atomic mass is 35.5. The fourth-order valence-electron chi connectivity index (χ4n) is 1.29. The Balaban J connectivity index is 2.67. The van der Waals surface area contributed by atoms with Gasteiger partial charge in [0.15, 0.2) is 0 Å². The second kappa shape index (κ2) is 6.37. The predicted molar refractivity (Wildman–Crippen MR) is 65.0 cm³/mol. The number of alkyl halides is 1. The zero-order chi connectivity index (χ0) is 11.3. The first-order valence-corrected chi connectivity index (χ1v) is 5.87. The summed E-state index contributed by atoms with van der Waals surface area (Å²) >= 11 is 18.0. The first-order chi connectivity index (χ1) is 7.15. The van der Waals surface area contributed by atoms with Crippen molar-refractivity contribution in [3.05, 3.63) is 33.8 Å². The maximum atomic E-state index is 10.2. The third kappa shape index (κ3) is 4.02. The van der Waals surface area contributed by atoms with Crippen molar-refractivity contribution in [3.63, 3.8) is 0 Å². The van der Waals surface area contributed by atoms with Crippen LogP contribution in [0.4, 0.5) is 0 Å². The lowest BCUT2D eigenvalue weighted by molar-refractivity contribution is -0.107. The maximum absolute atomic E-state index is 10.2. The van der Waals surface area contributed by atoms with E-state index < -0.39 is 0 Å². The molecule has 82 valence electrons. The average molecular weight is 266 g/mol. The highest BCUT2D eigenvalue weighted by Crippen LogP contribution is 2.33. The summed E-state index contributed by atoms with van der Waals surface area (Å²) in [7, 11) is 0. The molecular formula is C11H11Cl3O. The molecule has 0 aliphatic carbocycles. The molecule has 0 radical (unpaired) electrons. The average Bonchev–Trinajstić information content (AvgIpc) is 2.22. The van der Waals surface area contributed by atoms with Gasteiger partial charge in [0.1, 0.15) is 6.29 Å². The molecule has 0 aliphatic rings. The van der Waals surface area contributed by atoms with Crippen LogP contribution in [-0.2, 0) is 4.79 Å². The van der Waals surface area contributed by atoms with Crippen LogP contribution < -0.4 is 0 Å². The Bertz CT molecular complexity index is 339. The molecule has 0 heterocycles. The van der Waals surface area contributed by atoms with Gasteiger partial charge in [0.05, 0.1) is 5.38 Å². The van der Waals surface area contributed by atoms with Gasteiger partial charge in [-0.15, -0.1) is 11.6 Å². The van der Waals surface area contributed by atoms with E-state index in [0.29, 0.717) is 16.5 Å². The van der Waals surface area contributed by atoms with Gasteiger partial charge in [0.2, 0.25) is 0 Å². The smallest absolute Gasteiger partial charge is 0.119 e. The topological polar surface area (TPSA) is 17.1 Å². The third-order valence-electron chi connectivity index (χ3n) is 2.08. The zero-order valence-electron chi connectivity index (χ0n) is 8.05. The highest BCUT2D eigenvalue weighted by Gasteiger charge is 2.11. The van der Waals surface area contributed by atoms with Gasteiger partial charge < -0.3 is 4.79 Å². The molecule has 0 fully saturated rings. The van der Waals surface area contributed by atoms with Gasteiger partial charge in [-0.05, 0) is 36.6 Å². The van der Waals surface area contributed by atoms with Gasteiger partial charge in [-0.2, -0.15) is 0 Å². The van der Waals surface area contributed by atoms with Crippen LogP contribution in [0, 0.1) is 0 Å². The number of carbonyl (C=O) groups is 1. The molecule has 1 atom stereocenters. The number of hydrogen-bond acceptors (Lipinski definition) is 1. The van der Waals surface area contributed by atoms with Crippen LogP contribution in [0.15, 0.2) is 18.2 Å². The van der Waals surface area contributed by atoms with Gasteiger partial charge in [0.25, 0.3) is 0 Å². The molecule has 0 saturated carbocycles. The first kappa shape index (κ1) is 12.8. The van der Waals surface area contributed by atoms with Crippen molar-refractivity contribution in [1.82, 2.24) is 0 Å². The van der Waals surface area contributed by atoms with Crippen LogP contribution in [0.1, 0.15) is 30.2 Å². The van der Waals surface area contributed by atoms with E-state index in [1.807, 2.05) is 0 Å². The SMILES string of the molecule is O=CCCCC(Cl)c1cc(Cl)ccc1Cl. The number of benzene rings is 1. The van der Waals surface area contributed by atoms with Crippen molar-refractivity contribution in [2.45, 2.75) is 24.6 Å². The van der Waals surface area contributed by atoms with Gasteiger partial charge in [-0.25, -0.2) is 0 Å². The van der Waals surface area contributed by atoms with Crippen LogP contribution in [-0.4, -0.2) is 6.29 Å². The molecule has 4 heteroatoms. The number of carbonyl (C=O) groups excluding carboxylic acids is 1. The zero-order valence-corrected chi connectivity index (χ0v) is 10.3. The van der Waals surface area contributed by atoms with Crippen LogP contribution >= 0.6 is 34.8 Å². The standard InChI is InChI=1S/C11H11Cl3O/c12-8-4-5-11(14)9(7-8)10(13)3-1-2-6-15/h4-7,10H,1-3H2. The molecule has 0 saturated heterocycles. The van der Waals surface area contributed by atoms with Crippen molar-refractivity contribution >= 4 is 41.1 Å². The fourth-order valence-corrected chi connectivity index (χ4v) is 2.11. The van der Waals surface area contributed by atoms with E-state index in [0.717, 1.165) is 24.7 Å².